The summed E-state index contributed by atoms with van der Waals surface area (Å²) >= 11 is 0. The molecule has 0 unspecified atom stereocenters. The number of nitrogens with one attached hydrogen (secondary N) is 4. The Morgan fingerprint density at radius 3 is 2.60 bits per heavy atom. The predicted molar refractivity (Wildman–Crippen MR) is 156 cm³/mol. The number of amides is 5. The van der Waals surface area contributed by atoms with Crippen LogP contribution in [0.5, 0.6) is 0 Å². The van der Waals surface area contributed by atoms with Gasteiger partial charge in [-0.15, -0.1) is 0 Å². The lowest BCUT2D eigenvalue weighted by Gasteiger charge is -2.37. The van der Waals surface area contributed by atoms with Crippen LogP contribution in [0.2, 0.25) is 0 Å². The van der Waals surface area contributed by atoms with Gasteiger partial charge in [0, 0.05) is 37.0 Å². The van der Waals surface area contributed by atoms with Gasteiger partial charge in [-0.05, 0) is 63.5 Å². The van der Waals surface area contributed by atoms with Crippen LogP contribution in [-0.4, -0.2) is 105 Å². The first-order chi connectivity index (χ1) is 21.2. The molecule has 1 aromatic heterocycles. The lowest BCUT2D eigenvalue weighted by Crippen LogP contribution is -2.61. The number of halogens is 2. The van der Waals surface area contributed by atoms with Gasteiger partial charge in [0.05, 0.1) is 5.56 Å². The number of hydrogen-bond acceptors (Lipinski definition) is 9. The number of aromatic amines is 1. The van der Waals surface area contributed by atoms with Crippen molar-refractivity contribution < 1.29 is 47.1 Å². The average molecular weight is 656 g/mol. The molecule has 0 bridgehead atoms. The van der Waals surface area contributed by atoms with E-state index in [-0.39, 0.29) is 36.5 Å². The zero-order valence-corrected chi connectivity index (χ0v) is 25.5. The molecule has 4 rings (SSSR count). The number of fused-ring (bicyclic) bond motifs is 2. The van der Waals surface area contributed by atoms with Crippen molar-refractivity contribution in [1.29, 1.82) is 0 Å². The first-order valence-electron chi connectivity index (χ1n) is 14.2. The molecule has 2 saturated heterocycles. The number of primary amides is 1. The molecule has 3 heterocycles. The topological polar surface area (TPSA) is 219 Å². The van der Waals surface area contributed by atoms with Crippen LogP contribution < -0.4 is 21.7 Å². The van der Waals surface area contributed by atoms with Crippen molar-refractivity contribution in [3.05, 3.63) is 35.5 Å². The lowest BCUT2D eigenvalue weighted by molar-refractivity contribution is -0.189. The molecule has 8 N–H and O–H groups in total. The number of rotatable bonds is 11. The molecule has 45 heavy (non-hydrogen) atoms. The van der Waals surface area contributed by atoms with Crippen LogP contribution in [0.3, 0.4) is 0 Å². The number of H-pyrrole nitrogens is 1. The van der Waals surface area contributed by atoms with E-state index in [0.717, 1.165) is 12.1 Å². The van der Waals surface area contributed by atoms with Gasteiger partial charge in [0.15, 0.2) is 0 Å². The van der Waals surface area contributed by atoms with E-state index in [1.165, 1.54) is 24.1 Å². The van der Waals surface area contributed by atoms with Crippen molar-refractivity contribution in [2.75, 3.05) is 27.2 Å². The molecule has 2 aliphatic heterocycles. The second-order valence-corrected chi connectivity index (χ2v) is 11.8. The van der Waals surface area contributed by atoms with E-state index in [2.05, 4.69) is 25.5 Å². The van der Waals surface area contributed by atoms with Crippen molar-refractivity contribution in [2.45, 2.75) is 62.4 Å². The van der Waals surface area contributed by atoms with Crippen LogP contribution in [0.15, 0.2) is 24.3 Å². The third kappa shape index (κ3) is 8.10. The minimum Gasteiger partial charge on any atom is -0.370 e. The van der Waals surface area contributed by atoms with E-state index in [1.807, 2.05) is 4.90 Å². The third-order valence-corrected chi connectivity index (χ3v) is 8.35. The summed E-state index contributed by atoms with van der Waals surface area (Å²) in [5.41, 5.74) is 4.86. The van der Waals surface area contributed by atoms with Crippen molar-refractivity contribution in [1.82, 2.24) is 30.7 Å². The van der Waals surface area contributed by atoms with Crippen molar-refractivity contribution in [3.63, 3.8) is 0 Å². The summed E-state index contributed by atoms with van der Waals surface area (Å²) in [6, 6.07) is 1.30. The Kier molecular flexibility index (Phi) is 10.7. The number of carbonyl (C=O) groups is 5. The quantitative estimate of drug-likeness (QED) is 0.158. The van der Waals surface area contributed by atoms with E-state index in [4.69, 9.17) is 15.5 Å². The zero-order chi connectivity index (χ0) is 33.1. The highest BCUT2D eigenvalue weighted by Crippen LogP contribution is 2.42. The molecule has 0 saturated carbocycles. The molecule has 0 radical (unpaired) electrons. The molecule has 15 nitrogen and oxygen atoms in total. The number of likely N-dealkylation sites (N-methyl/N-ethyl adjacent to an activating group) is 2. The summed E-state index contributed by atoms with van der Waals surface area (Å²) in [6.07, 6.45) is -2.70. The van der Waals surface area contributed by atoms with Crippen LogP contribution in [0.25, 0.3) is 10.9 Å². The number of aromatic nitrogens is 1. The highest BCUT2D eigenvalue weighted by atomic mass is 31.2. The highest BCUT2D eigenvalue weighted by Gasteiger charge is 2.45. The molecule has 2 aromatic rings. The number of hydrogen-bond donors (Lipinski definition) is 7. The molecule has 0 aliphatic carbocycles. The highest BCUT2D eigenvalue weighted by molar-refractivity contribution is 7.39. The van der Waals surface area contributed by atoms with E-state index in [0.29, 0.717) is 31.3 Å². The Balaban J connectivity index is 1.53. The average Bonchev–Trinajstić information content (AvgIpc) is 3.59. The second-order valence-electron chi connectivity index (χ2n) is 11.1. The summed E-state index contributed by atoms with van der Waals surface area (Å²) in [4.78, 5) is 88.2. The number of nitrogens with two attached hydrogens (primary N) is 1. The fourth-order valence-corrected chi connectivity index (χ4v) is 6.03. The van der Waals surface area contributed by atoms with Gasteiger partial charge in [0.2, 0.25) is 23.6 Å². The molecule has 5 amide bonds. The van der Waals surface area contributed by atoms with E-state index in [1.54, 1.807) is 7.05 Å². The normalized spacial score (nSPS) is 21.6. The maximum absolute atomic E-state index is 14.2. The maximum atomic E-state index is 14.2. The van der Waals surface area contributed by atoms with Crippen molar-refractivity contribution >= 4 is 49.0 Å². The molecular formula is C27H36F2N7O8P. The van der Waals surface area contributed by atoms with Gasteiger partial charge in [0.25, 0.3) is 5.91 Å². The SMILES string of the molecule is CNC(=O)[C@H](CCC(N)=O)NC(=O)[C@@H]1CC[C@@H]2CCN(C)C[C@H](NC(=O)c3cc4cc(C(F)(F)OP(O)O)ccc4[nH]3)C(=O)N21. The molecule has 4 atom stereocenters. The minimum absolute atomic E-state index is 0.0187. The maximum Gasteiger partial charge on any atom is 0.389 e. The standard InChI is InChI=1S/C27H36F2N7O8P/c1-31-23(38)18(6-8-22(30)37)33-25(40)21-7-4-16-9-10-35(2)13-20(26(41)36(16)21)34-24(39)19-12-14-11-15(3-5-17(14)32-19)27(28,29)44-45(42)43/h3,5,11-12,16,18,20-21,32,42-43H,4,6-10,13H2,1-2H3,(H2,30,37)(H,31,38)(H,33,40)(H,34,39)/t16-,18+,20+,21+/m1/s1. The summed E-state index contributed by atoms with van der Waals surface area (Å²) in [7, 11) is -0.141. The Morgan fingerprint density at radius 1 is 1.20 bits per heavy atom. The molecule has 18 heteroatoms. The molecule has 0 spiro atoms. The van der Waals surface area contributed by atoms with Gasteiger partial charge >= 0.3 is 14.7 Å². The van der Waals surface area contributed by atoms with Gasteiger partial charge in [0.1, 0.15) is 23.8 Å². The first kappa shape index (κ1) is 34.1. The molecule has 2 fully saturated rings. The predicted octanol–water partition coefficient (Wildman–Crippen LogP) is -0.265. The van der Waals surface area contributed by atoms with Crippen molar-refractivity contribution in [2.24, 2.45) is 5.73 Å². The van der Waals surface area contributed by atoms with Crippen LogP contribution in [0.1, 0.15) is 48.2 Å². The summed E-state index contributed by atoms with van der Waals surface area (Å²) in [5.74, 6) is -2.90. The number of benzene rings is 1. The summed E-state index contributed by atoms with van der Waals surface area (Å²) in [5, 5.41) is 7.99. The monoisotopic (exact) mass is 655 g/mol. The third-order valence-electron chi connectivity index (χ3n) is 7.96. The van der Waals surface area contributed by atoms with Gasteiger partial charge in [-0.3, -0.25) is 24.0 Å². The fraction of sp³-hybridized carbons (Fsp3) is 0.519. The van der Waals surface area contributed by atoms with Gasteiger partial charge in [-0.25, -0.2) is 4.52 Å². The summed E-state index contributed by atoms with van der Waals surface area (Å²) in [6.45, 7) is 0.699. The number of alkyl halides is 2. The van der Waals surface area contributed by atoms with Crippen LogP contribution >= 0.6 is 8.60 Å². The Morgan fingerprint density at radius 2 is 1.93 bits per heavy atom. The molecule has 2 aliphatic rings. The van der Waals surface area contributed by atoms with Gasteiger partial charge in [-0.2, -0.15) is 8.78 Å². The Bertz CT molecular complexity index is 1460. The molecule has 246 valence electrons. The zero-order valence-electron chi connectivity index (χ0n) is 24.6. The largest absolute Gasteiger partial charge is 0.389 e. The van der Waals surface area contributed by atoms with Gasteiger partial charge in [-0.1, -0.05) is 0 Å². The smallest absolute Gasteiger partial charge is 0.370 e. The Labute approximate surface area is 257 Å². The minimum atomic E-state index is -3.99. The lowest BCUT2D eigenvalue weighted by atomic mass is 10.1. The number of nitrogens with zero attached hydrogens (tertiary/aromatic N) is 2. The Hall–Kier alpha value is -3.76. The van der Waals surface area contributed by atoms with Gasteiger partial charge < -0.3 is 46.3 Å². The number of carbonyl (C=O) groups excluding carboxylic acids is 5. The summed E-state index contributed by atoms with van der Waals surface area (Å²) < 4.78 is 32.4. The van der Waals surface area contributed by atoms with Crippen LogP contribution in [0, 0.1) is 0 Å². The van der Waals surface area contributed by atoms with E-state index < -0.39 is 67.9 Å². The second kappa shape index (κ2) is 14.1. The molecular weight excluding hydrogens is 619 g/mol. The van der Waals surface area contributed by atoms with Crippen LogP contribution in [-0.2, 0) is 29.8 Å². The molecule has 1 aromatic carbocycles. The fourth-order valence-electron chi connectivity index (χ4n) is 5.72. The first-order valence-corrected chi connectivity index (χ1v) is 15.4. The van der Waals surface area contributed by atoms with E-state index >= 15 is 0 Å². The van der Waals surface area contributed by atoms with Crippen LogP contribution in [0.4, 0.5) is 8.78 Å². The van der Waals surface area contributed by atoms with Crippen molar-refractivity contribution in [3.8, 4) is 0 Å². The van der Waals surface area contributed by atoms with E-state index in [9.17, 15) is 32.8 Å².